The van der Waals surface area contributed by atoms with E-state index in [1.165, 1.54) is 18.4 Å². The first-order valence-electron chi connectivity index (χ1n) is 6.26. The quantitative estimate of drug-likeness (QED) is 0.762. The molecule has 0 radical (unpaired) electrons. The van der Waals surface area contributed by atoms with E-state index in [1.807, 2.05) is 6.07 Å². The first-order chi connectivity index (χ1) is 8.25. The summed E-state index contributed by atoms with van der Waals surface area (Å²) in [5.74, 6) is 0.933. The van der Waals surface area contributed by atoms with Crippen molar-refractivity contribution in [1.29, 1.82) is 0 Å². The fourth-order valence-electron chi connectivity index (χ4n) is 2.09. The average molecular weight is 299 g/mol. The van der Waals surface area contributed by atoms with Crippen molar-refractivity contribution < 1.29 is 9.47 Å². The molecule has 1 atom stereocenters. The molecule has 1 saturated heterocycles. The number of hydrogen-bond acceptors (Lipinski definition) is 2. The summed E-state index contributed by atoms with van der Waals surface area (Å²) in [5.41, 5.74) is 1.24. The molecule has 0 saturated carbocycles. The Balaban J connectivity index is 1.70. The maximum absolute atomic E-state index is 5.75. The summed E-state index contributed by atoms with van der Waals surface area (Å²) in [6.07, 6.45) is 5.08. The van der Waals surface area contributed by atoms with Crippen LogP contribution >= 0.6 is 15.9 Å². The molecule has 1 unspecified atom stereocenters. The summed E-state index contributed by atoms with van der Waals surface area (Å²) in [6, 6.07) is 6.17. The molecule has 0 spiro atoms. The predicted molar refractivity (Wildman–Crippen MR) is 72.6 cm³/mol. The summed E-state index contributed by atoms with van der Waals surface area (Å²) in [6.45, 7) is 3.78. The van der Waals surface area contributed by atoms with E-state index in [9.17, 15) is 0 Å². The second kappa shape index (κ2) is 6.41. The van der Waals surface area contributed by atoms with Crippen LogP contribution in [0, 0.1) is 6.92 Å². The van der Waals surface area contributed by atoms with Gasteiger partial charge in [0, 0.05) is 6.61 Å². The molecule has 0 aliphatic carbocycles. The lowest BCUT2D eigenvalue weighted by Crippen LogP contribution is -2.07. The second-order valence-corrected chi connectivity index (χ2v) is 5.41. The minimum absolute atomic E-state index is 0.472. The van der Waals surface area contributed by atoms with E-state index in [0.717, 1.165) is 36.3 Å². The number of ether oxygens (including phenoxy) is 2. The number of aryl methyl sites for hydroxylation is 1. The highest BCUT2D eigenvalue weighted by Crippen LogP contribution is 2.26. The van der Waals surface area contributed by atoms with E-state index >= 15 is 0 Å². The zero-order chi connectivity index (χ0) is 12.1. The van der Waals surface area contributed by atoms with Gasteiger partial charge in [0.05, 0.1) is 17.2 Å². The lowest BCUT2D eigenvalue weighted by Gasteiger charge is -2.11. The van der Waals surface area contributed by atoms with Crippen molar-refractivity contribution in [2.45, 2.75) is 38.7 Å². The Morgan fingerprint density at radius 3 is 3.06 bits per heavy atom. The van der Waals surface area contributed by atoms with Crippen molar-refractivity contribution in [3.8, 4) is 5.75 Å². The molecular formula is C14H19BrO2. The highest BCUT2D eigenvalue weighted by Gasteiger charge is 2.14. The Labute approximate surface area is 111 Å². The molecule has 1 aromatic carbocycles. The third-order valence-corrected chi connectivity index (χ3v) is 3.66. The van der Waals surface area contributed by atoms with Gasteiger partial charge in [-0.05, 0) is 66.2 Å². The van der Waals surface area contributed by atoms with Gasteiger partial charge in [-0.15, -0.1) is 0 Å². The Morgan fingerprint density at radius 2 is 2.35 bits per heavy atom. The van der Waals surface area contributed by atoms with Gasteiger partial charge in [0.1, 0.15) is 5.75 Å². The van der Waals surface area contributed by atoms with Gasteiger partial charge in [-0.2, -0.15) is 0 Å². The lowest BCUT2D eigenvalue weighted by molar-refractivity contribution is 0.0981. The zero-order valence-electron chi connectivity index (χ0n) is 10.2. The molecule has 17 heavy (non-hydrogen) atoms. The summed E-state index contributed by atoms with van der Waals surface area (Å²) in [5, 5.41) is 0. The molecule has 1 aliphatic rings. The van der Waals surface area contributed by atoms with Crippen LogP contribution in [0.1, 0.15) is 31.2 Å². The van der Waals surface area contributed by atoms with E-state index < -0.39 is 0 Å². The molecule has 0 amide bonds. The van der Waals surface area contributed by atoms with Gasteiger partial charge in [-0.25, -0.2) is 0 Å². The van der Waals surface area contributed by atoms with Crippen molar-refractivity contribution in [1.82, 2.24) is 0 Å². The van der Waals surface area contributed by atoms with E-state index in [1.54, 1.807) is 0 Å². The third-order valence-electron chi connectivity index (χ3n) is 3.04. The number of halogens is 1. The molecule has 0 aromatic heterocycles. The maximum atomic E-state index is 5.75. The molecule has 1 heterocycles. The van der Waals surface area contributed by atoms with Crippen LogP contribution in [0.3, 0.4) is 0 Å². The van der Waals surface area contributed by atoms with Crippen molar-refractivity contribution in [3.63, 3.8) is 0 Å². The fraction of sp³-hybridized carbons (Fsp3) is 0.571. The minimum atomic E-state index is 0.472. The van der Waals surface area contributed by atoms with E-state index in [4.69, 9.17) is 9.47 Å². The van der Waals surface area contributed by atoms with E-state index in [-0.39, 0.29) is 0 Å². The highest BCUT2D eigenvalue weighted by molar-refractivity contribution is 9.10. The first kappa shape index (κ1) is 12.9. The van der Waals surface area contributed by atoms with Crippen molar-refractivity contribution in [3.05, 3.63) is 28.2 Å². The van der Waals surface area contributed by atoms with Gasteiger partial charge in [0.25, 0.3) is 0 Å². The lowest BCUT2D eigenvalue weighted by atomic mass is 10.1. The minimum Gasteiger partial charge on any atom is -0.492 e. The smallest absolute Gasteiger partial charge is 0.133 e. The molecule has 1 aliphatic heterocycles. The number of hydrogen-bond donors (Lipinski definition) is 0. The maximum Gasteiger partial charge on any atom is 0.133 e. The Kier molecular flexibility index (Phi) is 4.86. The molecule has 2 nitrogen and oxygen atoms in total. The zero-order valence-corrected chi connectivity index (χ0v) is 11.8. The van der Waals surface area contributed by atoms with Crippen LogP contribution in [0.2, 0.25) is 0 Å². The second-order valence-electron chi connectivity index (χ2n) is 4.56. The summed E-state index contributed by atoms with van der Waals surface area (Å²) in [7, 11) is 0. The predicted octanol–water partition coefficient (Wildman–Crippen LogP) is 4.10. The molecule has 1 aromatic rings. The SMILES string of the molecule is Cc1ccc(OCCCC2CCCO2)c(Br)c1. The highest BCUT2D eigenvalue weighted by atomic mass is 79.9. The average Bonchev–Trinajstić information content (AvgIpc) is 2.79. The van der Waals surface area contributed by atoms with Gasteiger partial charge in [-0.3, -0.25) is 0 Å². The van der Waals surface area contributed by atoms with Gasteiger partial charge in [0.2, 0.25) is 0 Å². The topological polar surface area (TPSA) is 18.5 Å². The first-order valence-corrected chi connectivity index (χ1v) is 7.05. The molecule has 0 bridgehead atoms. The van der Waals surface area contributed by atoms with Gasteiger partial charge >= 0.3 is 0 Å². The Hall–Kier alpha value is -0.540. The molecule has 0 N–H and O–H groups in total. The number of benzene rings is 1. The molecule has 3 heteroatoms. The van der Waals surface area contributed by atoms with Crippen LogP contribution in [0.15, 0.2) is 22.7 Å². The van der Waals surface area contributed by atoms with Crippen LogP contribution in [0.4, 0.5) is 0 Å². The molecule has 1 fully saturated rings. The van der Waals surface area contributed by atoms with Crippen molar-refractivity contribution in [2.75, 3.05) is 13.2 Å². The largest absolute Gasteiger partial charge is 0.492 e. The third kappa shape index (κ3) is 4.00. The van der Waals surface area contributed by atoms with E-state index in [2.05, 4.69) is 35.0 Å². The molecular weight excluding hydrogens is 280 g/mol. The number of rotatable bonds is 5. The van der Waals surface area contributed by atoms with Gasteiger partial charge in [-0.1, -0.05) is 6.07 Å². The van der Waals surface area contributed by atoms with Gasteiger partial charge < -0.3 is 9.47 Å². The van der Waals surface area contributed by atoms with E-state index in [0.29, 0.717) is 6.10 Å². The van der Waals surface area contributed by atoms with Crippen LogP contribution in [-0.4, -0.2) is 19.3 Å². The fourth-order valence-corrected chi connectivity index (χ4v) is 2.70. The van der Waals surface area contributed by atoms with Crippen LogP contribution in [-0.2, 0) is 4.74 Å². The monoisotopic (exact) mass is 298 g/mol. The molecule has 94 valence electrons. The van der Waals surface area contributed by atoms with Gasteiger partial charge in [0.15, 0.2) is 0 Å². The normalized spacial score (nSPS) is 19.5. The molecule has 2 rings (SSSR count). The van der Waals surface area contributed by atoms with Crippen LogP contribution < -0.4 is 4.74 Å². The van der Waals surface area contributed by atoms with Crippen LogP contribution in [0.25, 0.3) is 0 Å². The van der Waals surface area contributed by atoms with Crippen molar-refractivity contribution >= 4 is 15.9 Å². The summed E-state index contributed by atoms with van der Waals surface area (Å²) in [4.78, 5) is 0. The standard InChI is InChI=1S/C14H19BrO2/c1-11-6-7-14(13(15)10-11)17-9-3-5-12-4-2-8-16-12/h6-7,10,12H,2-5,8-9H2,1H3. The van der Waals surface area contributed by atoms with Crippen LogP contribution in [0.5, 0.6) is 5.75 Å². The Bertz CT molecular complexity index is 359. The van der Waals surface area contributed by atoms with Crippen molar-refractivity contribution in [2.24, 2.45) is 0 Å². The summed E-state index contributed by atoms with van der Waals surface area (Å²) < 4.78 is 12.4. The summed E-state index contributed by atoms with van der Waals surface area (Å²) >= 11 is 3.52. The Morgan fingerprint density at radius 1 is 1.47 bits per heavy atom.